The number of rotatable bonds is 8. The molecule has 1 saturated carbocycles. The van der Waals surface area contributed by atoms with Crippen LogP contribution in [0.4, 0.5) is 0 Å². The average molecular weight is 230 g/mol. The Labute approximate surface area is 99.1 Å². The van der Waals surface area contributed by atoms with Gasteiger partial charge in [0.15, 0.2) is 0 Å². The van der Waals surface area contributed by atoms with Crippen molar-refractivity contribution in [2.24, 2.45) is 5.73 Å². The molecule has 0 saturated heterocycles. The maximum atomic E-state index is 6.38. The number of ether oxygens (including phenoxy) is 2. The lowest BCUT2D eigenvalue weighted by atomic mass is 9.98. The van der Waals surface area contributed by atoms with Crippen LogP contribution < -0.4 is 5.73 Å². The van der Waals surface area contributed by atoms with Crippen LogP contribution in [-0.4, -0.2) is 57.5 Å². The number of methoxy groups -OCH3 is 2. The first-order chi connectivity index (χ1) is 7.70. The van der Waals surface area contributed by atoms with Crippen molar-refractivity contribution in [3.63, 3.8) is 0 Å². The predicted molar refractivity (Wildman–Crippen MR) is 65.6 cm³/mol. The minimum atomic E-state index is 0.0292. The molecule has 2 N–H and O–H groups in total. The minimum absolute atomic E-state index is 0.0292. The maximum absolute atomic E-state index is 6.38. The average Bonchev–Trinajstić information content (AvgIpc) is 2.69. The van der Waals surface area contributed by atoms with E-state index in [4.69, 9.17) is 15.2 Å². The Hall–Kier alpha value is -0.160. The summed E-state index contributed by atoms with van der Waals surface area (Å²) in [5.74, 6) is 0. The van der Waals surface area contributed by atoms with Crippen molar-refractivity contribution in [3.8, 4) is 0 Å². The van der Waals surface area contributed by atoms with E-state index >= 15 is 0 Å². The van der Waals surface area contributed by atoms with E-state index in [1.807, 2.05) is 0 Å². The topological polar surface area (TPSA) is 47.7 Å². The Kier molecular flexibility index (Phi) is 6.28. The second-order valence-electron chi connectivity index (χ2n) is 4.83. The Morgan fingerprint density at radius 2 is 1.56 bits per heavy atom. The van der Waals surface area contributed by atoms with Crippen molar-refractivity contribution in [1.82, 2.24) is 4.90 Å². The van der Waals surface area contributed by atoms with Crippen LogP contribution in [0.3, 0.4) is 0 Å². The zero-order valence-corrected chi connectivity index (χ0v) is 10.7. The van der Waals surface area contributed by atoms with Gasteiger partial charge in [-0.15, -0.1) is 0 Å². The lowest BCUT2D eigenvalue weighted by Gasteiger charge is -2.32. The molecule has 0 amide bonds. The van der Waals surface area contributed by atoms with Gasteiger partial charge in [-0.05, 0) is 12.8 Å². The fraction of sp³-hybridized carbons (Fsp3) is 1.00. The molecule has 0 atom stereocenters. The van der Waals surface area contributed by atoms with E-state index in [0.29, 0.717) is 0 Å². The molecule has 0 bridgehead atoms. The number of hydrogen-bond acceptors (Lipinski definition) is 4. The Bertz CT molecular complexity index is 174. The van der Waals surface area contributed by atoms with Gasteiger partial charge in [-0.3, -0.25) is 4.90 Å². The van der Waals surface area contributed by atoms with E-state index in [1.54, 1.807) is 14.2 Å². The van der Waals surface area contributed by atoms with Crippen LogP contribution in [0.5, 0.6) is 0 Å². The van der Waals surface area contributed by atoms with Crippen LogP contribution in [0, 0.1) is 0 Å². The molecule has 1 aliphatic carbocycles. The second-order valence-corrected chi connectivity index (χ2v) is 4.83. The van der Waals surface area contributed by atoms with Gasteiger partial charge in [-0.25, -0.2) is 0 Å². The Morgan fingerprint density at radius 3 is 2.00 bits per heavy atom. The normalized spacial score (nSPS) is 19.5. The van der Waals surface area contributed by atoms with Gasteiger partial charge in [0.25, 0.3) is 0 Å². The van der Waals surface area contributed by atoms with E-state index in [1.165, 1.54) is 12.8 Å². The van der Waals surface area contributed by atoms with Crippen molar-refractivity contribution < 1.29 is 9.47 Å². The molecule has 0 spiro atoms. The Balaban J connectivity index is 2.34. The highest BCUT2D eigenvalue weighted by atomic mass is 16.5. The van der Waals surface area contributed by atoms with Crippen molar-refractivity contribution >= 4 is 0 Å². The van der Waals surface area contributed by atoms with E-state index in [0.717, 1.165) is 45.7 Å². The molecule has 96 valence electrons. The number of nitrogens with zero attached hydrogens (tertiary/aromatic N) is 1. The summed E-state index contributed by atoms with van der Waals surface area (Å²) in [5.41, 5.74) is 6.41. The smallest absolute Gasteiger partial charge is 0.0589 e. The van der Waals surface area contributed by atoms with Crippen LogP contribution in [0.25, 0.3) is 0 Å². The highest BCUT2D eigenvalue weighted by molar-refractivity contribution is 4.92. The third kappa shape index (κ3) is 4.78. The Morgan fingerprint density at radius 1 is 1.06 bits per heavy atom. The monoisotopic (exact) mass is 230 g/mol. The zero-order chi connectivity index (χ0) is 11.9. The highest BCUT2D eigenvalue weighted by Crippen LogP contribution is 2.27. The van der Waals surface area contributed by atoms with Crippen molar-refractivity contribution in [1.29, 1.82) is 0 Å². The molecule has 0 aromatic carbocycles. The van der Waals surface area contributed by atoms with Gasteiger partial charge in [-0.1, -0.05) is 12.8 Å². The van der Waals surface area contributed by atoms with Gasteiger partial charge in [0.05, 0.1) is 13.2 Å². The molecule has 1 aliphatic rings. The molecule has 1 rings (SSSR count). The molecule has 0 aliphatic heterocycles. The van der Waals surface area contributed by atoms with Crippen LogP contribution in [0.2, 0.25) is 0 Å². The standard InChI is InChI=1S/C12H26N2O2/c1-15-9-7-14(8-10-16-2)11-12(13)5-3-4-6-12/h3-11,13H2,1-2H3. The van der Waals surface area contributed by atoms with Crippen molar-refractivity contribution in [2.75, 3.05) is 47.1 Å². The lowest BCUT2D eigenvalue weighted by molar-refractivity contribution is 0.0990. The van der Waals surface area contributed by atoms with E-state index < -0.39 is 0 Å². The second kappa shape index (κ2) is 7.22. The first-order valence-corrected chi connectivity index (χ1v) is 6.19. The van der Waals surface area contributed by atoms with Crippen molar-refractivity contribution in [2.45, 2.75) is 31.2 Å². The van der Waals surface area contributed by atoms with E-state index in [2.05, 4.69) is 4.90 Å². The molecular formula is C12H26N2O2. The minimum Gasteiger partial charge on any atom is -0.383 e. The summed E-state index contributed by atoms with van der Waals surface area (Å²) in [6, 6.07) is 0. The molecule has 16 heavy (non-hydrogen) atoms. The molecule has 0 aromatic rings. The van der Waals surface area contributed by atoms with Crippen LogP contribution in [0.15, 0.2) is 0 Å². The summed E-state index contributed by atoms with van der Waals surface area (Å²) in [4.78, 5) is 2.36. The van der Waals surface area contributed by atoms with Crippen LogP contribution >= 0.6 is 0 Å². The summed E-state index contributed by atoms with van der Waals surface area (Å²) < 4.78 is 10.3. The summed E-state index contributed by atoms with van der Waals surface area (Å²) in [5, 5.41) is 0. The summed E-state index contributed by atoms with van der Waals surface area (Å²) in [6.07, 6.45) is 4.87. The van der Waals surface area contributed by atoms with E-state index in [-0.39, 0.29) is 5.54 Å². The fourth-order valence-electron chi connectivity index (χ4n) is 2.39. The largest absolute Gasteiger partial charge is 0.383 e. The summed E-state index contributed by atoms with van der Waals surface area (Å²) >= 11 is 0. The first kappa shape index (κ1) is 13.9. The van der Waals surface area contributed by atoms with Gasteiger partial charge in [0.2, 0.25) is 0 Å². The molecule has 0 unspecified atom stereocenters. The SMILES string of the molecule is COCCN(CCOC)CC1(N)CCCC1. The third-order valence-corrected chi connectivity index (χ3v) is 3.36. The quantitative estimate of drug-likeness (QED) is 0.671. The molecule has 0 heterocycles. The van der Waals surface area contributed by atoms with Crippen molar-refractivity contribution in [3.05, 3.63) is 0 Å². The highest BCUT2D eigenvalue weighted by Gasteiger charge is 2.31. The van der Waals surface area contributed by atoms with Gasteiger partial charge in [0.1, 0.15) is 0 Å². The molecular weight excluding hydrogens is 204 g/mol. The molecule has 4 nitrogen and oxygen atoms in total. The predicted octanol–water partition coefficient (Wildman–Crippen LogP) is 0.853. The third-order valence-electron chi connectivity index (χ3n) is 3.36. The molecule has 1 fully saturated rings. The summed E-state index contributed by atoms with van der Waals surface area (Å²) in [6.45, 7) is 4.39. The zero-order valence-electron chi connectivity index (χ0n) is 10.7. The summed E-state index contributed by atoms with van der Waals surface area (Å²) in [7, 11) is 3.48. The fourth-order valence-corrected chi connectivity index (χ4v) is 2.39. The number of hydrogen-bond donors (Lipinski definition) is 1. The lowest BCUT2D eigenvalue weighted by Crippen LogP contribution is -2.49. The van der Waals surface area contributed by atoms with E-state index in [9.17, 15) is 0 Å². The van der Waals surface area contributed by atoms with Crippen LogP contribution in [0.1, 0.15) is 25.7 Å². The van der Waals surface area contributed by atoms with Gasteiger partial charge < -0.3 is 15.2 Å². The maximum Gasteiger partial charge on any atom is 0.0589 e. The van der Waals surface area contributed by atoms with Gasteiger partial charge >= 0.3 is 0 Å². The van der Waals surface area contributed by atoms with Gasteiger partial charge in [0, 0.05) is 39.4 Å². The van der Waals surface area contributed by atoms with Gasteiger partial charge in [-0.2, -0.15) is 0 Å². The number of nitrogens with two attached hydrogens (primary N) is 1. The first-order valence-electron chi connectivity index (χ1n) is 6.19. The molecule has 0 aromatic heterocycles. The molecule has 0 radical (unpaired) electrons. The van der Waals surface area contributed by atoms with Crippen LogP contribution in [-0.2, 0) is 9.47 Å². The molecule has 4 heteroatoms.